The highest BCUT2D eigenvalue weighted by Crippen LogP contribution is 1.95. The molecule has 124 valence electrons. The second-order valence-electron chi connectivity index (χ2n) is 2.78. The van der Waals surface area contributed by atoms with E-state index >= 15 is 0 Å². The first kappa shape index (κ1) is 28.0. The molecule has 22 heavy (non-hydrogen) atoms. The topological polar surface area (TPSA) is 58.7 Å². The molecule has 0 rings (SSSR count). The first-order valence-corrected chi connectivity index (χ1v) is 7.03. The van der Waals surface area contributed by atoms with Gasteiger partial charge in [-0.15, -0.1) is 0 Å². The lowest BCUT2D eigenvalue weighted by Gasteiger charge is -1.71. The van der Waals surface area contributed by atoms with Gasteiger partial charge in [-0.25, -0.2) is 13.7 Å². The van der Waals surface area contributed by atoms with E-state index in [9.17, 15) is 0 Å². The fourth-order valence-electron chi connectivity index (χ4n) is 0.526. The quantitative estimate of drug-likeness (QED) is 0.282. The van der Waals surface area contributed by atoms with Crippen molar-refractivity contribution in [1.82, 2.24) is 0 Å². The Bertz CT molecular complexity index is 282. The van der Waals surface area contributed by atoms with Crippen LogP contribution in [0.25, 0.3) is 0 Å². The van der Waals surface area contributed by atoms with Crippen LogP contribution in [0.15, 0.2) is 67.7 Å². The van der Waals surface area contributed by atoms with Gasteiger partial charge in [0.15, 0.2) is 0 Å². The van der Waals surface area contributed by atoms with Crippen LogP contribution >= 0.6 is 12.1 Å². The maximum Gasteiger partial charge on any atom is 0.113 e. The lowest BCUT2D eigenvalue weighted by Crippen LogP contribution is -1.55. The first-order valence-electron chi connectivity index (χ1n) is 6.30. The highest BCUT2D eigenvalue weighted by molar-refractivity contribution is 7.96. The molecule has 0 bridgehead atoms. The van der Waals surface area contributed by atoms with E-state index in [4.69, 9.17) is 0 Å². The predicted molar refractivity (Wildman–Crippen MR) is 106 cm³/mol. The molecule has 0 aromatic rings. The van der Waals surface area contributed by atoms with E-state index in [1.54, 1.807) is 0 Å². The Morgan fingerprint density at radius 2 is 0.909 bits per heavy atom. The molecule has 0 spiro atoms. The summed E-state index contributed by atoms with van der Waals surface area (Å²) in [7, 11) is 0. The lowest BCUT2D eigenvalue weighted by molar-refractivity contribution is 0.161. The molecule has 0 aromatic heterocycles. The summed E-state index contributed by atoms with van der Waals surface area (Å²) in [4.78, 5) is 3.86. The van der Waals surface area contributed by atoms with Gasteiger partial charge in [0.1, 0.15) is 12.1 Å². The van der Waals surface area contributed by atoms with Gasteiger partial charge in [-0.2, -0.15) is 0 Å². The summed E-state index contributed by atoms with van der Waals surface area (Å²) in [5.41, 5.74) is 0. The van der Waals surface area contributed by atoms with Gasteiger partial charge in [0.05, 0.1) is 0 Å². The van der Waals surface area contributed by atoms with Crippen molar-refractivity contribution in [3.8, 4) is 0 Å². The Hall–Kier alpha value is -2.21. The molecule has 0 saturated heterocycles. The van der Waals surface area contributed by atoms with Crippen molar-refractivity contribution in [3.05, 3.63) is 48.6 Å². The minimum Gasteiger partial charge on any atom is -0.246 e. The summed E-state index contributed by atoms with van der Waals surface area (Å²) < 4.78 is 6.58. The zero-order chi connectivity index (χ0) is 17.9. The highest BCUT2D eigenvalue weighted by atomic mass is 32.2. The SMILES string of the molecule is C/C=C\C=C/C.C/C=C\C=C/C.C=NON=C.C=NSN=C. The van der Waals surface area contributed by atoms with Gasteiger partial charge in [-0.05, 0) is 27.7 Å². The summed E-state index contributed by atoms with van der Waals surface area (Å²) >= 11 is 0.991. The van der Waals surface area contributed by atoms with Gasteiger partial charge in [0, 0.05) is 26.9 Å². The Morgan fingerprint density at radius 1 is 0.636 bits per heavy atom. The number of hydrogen-bond donors (Lipinski definition) is 0. The van der Waals surface area contributed by atoms with Crippen molar-refractivity contribution >= 4 is 39.0 Å². The van der Waals surface area contributed by atoms with Crippen LogP contribution in [-0.2, 0) is 4.94 Å². The van der Waals surface area contributed by atoms with Gasteiger partial charge in [0.25, 0.3) is 0 Å². The predicted octanol–water partition coefficient (Wildman–Crippen LogP) is 5.46. The molecule has 0 aliphatic carbocycles. The van der Waals surface area contributed by atoms with Crippen LogP contribution in [0.5, 0.6) is 0 Å². The lowest BCUT2D eigenvalue weighted by atomic mass is 10.5. The van der Waals surface area contributed by atoms with E-state index in [0.29, 0.717) is 0 Å². The third-order valence-corrected chi connectivity index (χ3v) is 1.45. The van der Waals surface area contributed by atoms with Crippen molar-refractivity contribution in [2.24, 2.45) is 19.1 Å². The zero-order valence-electron chi connectivity index (χ0n) is 14.1. The van der Waals surface area contributed by atoms with Gasteiger partial charge in [-0.3, -0.25) is 0 Å². The molecule has 0 atom stereocenters. The molecule has 0 fully saturated rings. The van der Waals surface area contributed by atoms with Gasteiger partial charge >= 0.3 is 0 Å². The van der Waals surface area contributed by atoms with Gasteiger partial charge in [0.2, 0.25) is 0 Å². The second-order valence-corrected chi connectivity index (χ2v) is 3.46. The van der Waals surface area contributed by atoms with Crippen LogP contribution in [0.1, 0.15) is 27.7 Å². The molecule has 0 amide bonds. The minimum atomic E-state index is 0.991. The Morgan fingerprint density at radius 3 is 0.955 bits per heavy atom. The average molecular weight is 324 g/mol. The molecule has 0 saturated carbocycles. The maximum absolute atomic E-state index is 3.86. The molecule has 6 heteroatoms. The van der Waals surface area contributed by atoms with Crippen molar-refractivity contribution in [1.29, 1.82) is 0 Å². The van der Waals surface area contributed by atoms with Crippen LogP contribution in [-0.4, -0.2) is 26.9 Å². The fraction of sp³-hybridized carbons (Fsp3) is 0.250. The fourth-order valence-corrected chi connectivity index (χ4v) is 0.608. The number of hydrogen-bond acceptors (Lipinski definition) is 6. The summed E-state index contributed by atoms with van der Waals surface area (Å²) in [6.45, 7) is 20.1. The van der Waals surface area contributed by atoms with E-state index in [0.717, 1.165) is 12.1 Å². The van der Waals surface area contributed by atoms with Crippen LogP contribution < -0.4 is 0 Å². The average Bonchev–Trinajstić information content (AvgIpc) is 2.54. The third-order valence-electron chi connectivity index (χ3n) is 1.22. The first-order chi connectivity index (χ1) is 10.7. The van der Waals surface area contributed by atoms with E-state index < -0.39 is 0 Å². The van der Waals surface area contributed by atoms with E-state index in [-0.39, 0.29) is 0 Å². The molecule has 0 heterocycles. The largest absolute Gasteiger partial charge is 0.246 e. The van der Waals surface area contributed by atoms with Crippen molar-refractivity contribution < 1.29 is 4.94 Å². The molecular weight excluding hydrogens is 296 g/mol. The summed E-state index contributed by atoms with van der Waals surface area (Å²) in [6, 6.07) is 0. The summed E-state index contributed by atoms with van der Waals surface area (Å²) in [5.74, 6) is 0. The molecule has 0 aliphatic rings. The van der Waals surface area contributed by atoms with Gasteiger partial charge in [-0.1, -0.05) is 58.9 Å². The van der Waals surface area contributed by atoms with Crippen LogP contribution in [0.4, 0.5) is 0 Å². The molecule has 0 N–H and O–H groups in total. The molecule has 0 aliphatic heterocycles. The normalized spacial score (nSPS) is 9.09. The zero-order valence-corrected chi connectivity index (χ0v) is 14.9. The van der Waals surface area contributed by atoms with Crippen molar-refractivity contribution in [2.75, 3.05) is 0 Å². The second kappa shape index (κ2) is 42.8. The Kier molecular flexibility index (Phi) is 54.5. The number of oxime groups is 2. The Labute approximate surface area is 139 Å². The standard InChI is InChI=1S/2C6H10.C2H4N2O.C2H4N2S/c2*1-3-5-6-4-2;2*1-3-5-4-2/h2*3-6H,1-2H3;2*1-2H2/b2*5-3-,6-4-;;. The van der Waals surface area contributed by atoms with Crippen molar-refractivity contribution in [2.45, 2.75) is 27.7 Å². The van der Waals surface area contributed by atoms with Crippen LogP contribution in [0.3, 0.4) is 0 Å². The van der Waals surface area contributed by atoms with Crippen LogP contribution in [0.2, 0.25) is 0 Å². The van der Waals surface area contributed by atoms with E-state index in [1.807, 2.05) is 76.3 Å². The Balaban J connectivity index is -0.0000000986. The van der Waals surface area contributed by atoms with E-state index in [2.05, 4.69) is 50.9 Å². The number of allylic oxidation sites excluding steroid dienone is 8. The third kappa shape index (κ3) is 82.6. The van der Waals surface area contributed by atoms with Crippen LogP contribution in [0, 0.1) is 0 Å². The van der Waals surface area contributed by atoms with E-state index in [1.165, 1.54) is 0 Å². The minimum absolute atomic E-state index is 0.991. The molecule has 0 aromatic carbocycles. The highest BCUT2D eigenvalue weighted by Gasteiger charge is 1.53. The summed E-state index contributed by atoms with van der Waals surface area (Å²) in [5, 5.41) is 5.75. The molecular formula is C16H28N4OS. The maximum atomic E-state index is 3.86. The smallest absolute Gasteiger partial charge is 0.113 e. The summed E-state index contributed by atoms with van der Waals surface area (Å²) in [6.07, 6.45) is 16.0. The number of rotatable bonds is 6. The molecule has 0 radical (unpaired) electrons. The monoisotopic (exact) mass is 324 g/mol. The van der Waals surface area contributed by atoms with Gasteiger partial charge < -0.3 is 0 Å². The molecule has 5 nitrogen and oxygen atoms in total. The number of nitrogens with zero attached hydrogens (tertiary/aromatic N) is 4. The molecule has 0 unspecified atom stereocenters. The van der Waals surface area contributed by atoms with Crippen molar-refractivity contribution in [3.63, 3.8) is 0 Å².